The van der Waals surface area contributed by atoms with Gasteiger partial charge < -0.3 is 8.83 Å². The molecule has 15 aromatic rings. The fraction of sp³-hybridized carbons (Fsp3) is 0.0769. The SMILES string of the molecule is CC1(C)c2ccccc2-c2ccc3c(oc4cc(-c5nc(-c6ccccc6)nc(-c6cccc(CC7(C)c8ccccc8-c8cc9c(cc87)oc7cccc(-c8ccc(-c%10nc(-c%11ccccc%11)nc(-c%11ccccc%11)n%10)cc8)c79)c6)n5)ccc43)c21. The number of hydrogen-bond acceptors (Lipinski definition) is 8. The van der Waals surface area contributed by atoms with E-state index in [1.54, 1.807) is 0 Å². The van der Waals surface area contributed by atoms with Gasteiger partial charge in [0.2, 0.25) is 0 Å². The van der Waals surface area contributed by atoms with Crippen LogP contribution in [0.1, 0.15) is 48.6 Å². The van der Waals surface area contributed by atoms with Gasteiger partial charge in [-0.05, 0) is 105 Å². The van der Waals surface area contributed by atoms with Crippen molar-refractivity contribution in [1.82, 2.24) is 29.9 Å². The Morgan fingerprint density at radius 2 is 0.779 bits per heavy atom. The Balaban J connectivity index is 0.722. The van der Waals surface area contributed by atoms with E-state index in [4.69, 9.17) is 38.7 Å². The van der Waals surface area contributed by atoms with E-state index < -0.39 is 5.41 Å². The van der Waals surface area contributed by atoms with Crippen molar-refractivity contribution in [2.45, 2.75) is 38.0 Å². The molecule has 0 spiro atoms. The molecule has 0 fully saturated rings. The summed E-state index contributed by atoms with van der Waals surface area (Å²) in [4.78, 5) is 30.5. The molecule has 11 aromatic carbocycles. The number of fused-ring (bicyclic) bond motifs is 13. The highest BCUT2D eigenvalue weighted by atomic mass is 16.3. The van der Waals surface area contributed by atoms with Crippen molar-refractivity contribution in [2.24, 2.45) is 0 Å². The van der Waals surface area contributed by atoms with Crippen LogP contribution in [0.4, 0.5) is 0 Å². The van der Waals surface area contributed by atoms with Crippen LogP contribution >= 0.6 is 0 Å². The van der Waals surface area contributed by atoms with Crippen molar-refractivity contribution >= 4 is 43.9 Å². The molecule has 0 bridgehead atoms. The number of aromatic nitrogens is 6. The number of rotatable bonds is 9. The van der Waals surface area contributed by atoms with E-state index >= 15 is 0 Å². The van der Waals surface area contributed by atoms with Gasteiger partial charge in [-0.15, -0.1) is 0 Å². The Morgan fingerprint density at radius 3 is 1.42 bits per heavy atom. The molecule has 4 heterocycles. The summed E-state index contributed by atoms with van der Waals surface area (Å²) in [5.41, 5.74) is 21.6. The van der Waals surface area contributed by atoms with E-state index in [-0.39, 0.29) is 5.41 Å². The fourth-order valence-corrected chi connectivity index (χ4v) is 13.9. The first-order valence-corrected chi connectivity index (χ1v) is 29.3. The highest BCUT2D eigenvalue weighted by Crippen LogP contribution is 2.55. The Morgan fingerprint density at radius 1 is 0.302 bits per heavy atom. The zero-order chi connectivity index (χ0) is 57.3. The van der Waals surface area contributed by atoms with Crippen molar-refractivity contribution in [1.29, 1.82) is 0 Å². The second-order valence-electron chi connectivity index (χ2n) is 23.6. The van der Waals surface area contributed by atoms with Gasteiger partial charge in [0, 0.05) is 71.3 Å². The van der Waals surface area contributed by atoms with Gasteiger partial charge in [-0.3, -0.25) is 0 Å². The van der Waals surface area contributed by atoms with Gasteiger partial charge in [0.05, 0.1) is 0 Å². The number of benzene rings is 11. The Kier molecular flexibility index (Phi) is 11.0. The summed E-state index contributed by atoms with van der Waals surface area (Å²) in [7, 11) is 0. The third-order valence-corrected chi connectivity index (χ3v) is 18.0. The Labute approximate surface area is 496 Å². The normalized spacial score (nSPS) is 14.6. The maximum Gasteiger partial charge on any atom is 0.164 e. The van der Waals surface area contributed by atoms with E-state index in [9.17, 15) is 0 Å². The molecule has 8 nitrogen and oxygen atoms in total. The molecule has 406 valence electrons. The van der Waals surface area contributed by atoms with Gasteiger partial charge in [-0.2, -0.15) is 0 Å². The quantitative estimate of drug-likeness (QED) is 0.141. The second-order valence-corrected chi connectivity index (χ2v) is 23.6. The van der Waals surface area contributed by atoms with Crippen molar-refractivity contribution < 1.29 is 8.83 Å². The van der Waals surface area contributed by atoms with Gasteiger partial charge in [-0.1, -0.05) is 227 Å². The minimum Gasteiger partial charge on any atom is -0.456 e. The van der Waals surface area contributed by atoms with E-state index in [1.165, 1.54) is 44.5 Å². The van der Waals surface area contributed by atoms with Gasteiger partial charge >= 0.3 is 0 Å². The van der Waals surface area contributed by atoms with Crippen molar-refractivity contribution in [3.63, 3.8) is 0 Å². The second kappa shape index (κ2) is 19.0. The molecule has 0 aliphatic heterocycles. The molecular weight excluding hydrogens is 1050 g/mol. The first kappa shape index (κ1) is 49.6. The molecule has 1 atom stereocenters. The van der Waals surface area contributed by atoms with Crippen LogP contribution in [0.25, 0.3) is 146 Å². The van der Waals surface area contributed by atoms with Crippen LogP contribution in [0, 0.1) is 0 Å². The van der Waals surface area contributed by atoms with E-state index in [2.05, 4.69) is 191 Å². The minimum atomic E-state index is -0.397. The zero-order valence-corrected chi connectivity index (χ0v) is 47.4. The third-order valence-electron chi connectivity index (χ3n) is 18.0. The molecule has 0 saturated heterocycles. The molecule has 1 unspecified atom stereocenters. The molecule has 17 rings (SSSR count). The van der Waals surface area contributed by atoms with Crippen LogP contribution in [0.2, 0.25) is 0 Å². The molecule has 0 saturated carbocycles. The van der Waals surface area contributed by atoms with Crippen LogP contribution in [0.3, 0.4) is 0 Å². The maximum absolute atomic E-state index is 6.92. The van der Waals surface area contributed by atoms with Gasteiger partial charge in [0.15, 0.2) is 34.9 Å². The topological polar surface area (TPSA) is 104 Å². The molecule has 0 radical (unpaired) electrons. The van der Waals surface area contributed by atoms with Crippen LogP contribution in [0.15, 0.2) is 258 Å². The number of hydrogen-bond donors (Lipinski definition) is 0. The Hall–Kier alpha value is -11.0. The monoisotopic (exact) mass is 1100 g/mol. The Bertz CT molecular complexity index is 5190. The van der Waals surface area contributed by atoms with Crippen LogP contribution in [0.5, 0.6) is 0 Å². The summed E-state index contributed by atoms with van der Waals surface area (Å²) >= 11 is 0. The average molecular weight is 1110 g/mol. The summed E-state index contributed by atoms with van der Waals surface area (Å²) in [6.45, 7) is 6.97. The van der Waals surface area contributed by atoms with Gasteiger partial charge in [0.25, 0.3) is 0 Å². The lowest BCUT2D eigenvalue weighted by Crippen LogP contribution is -2.24. The molecule has 8 heteroatoms. The average Bonchev–Trinajstić information content (AvgIpc) is 1.60. The van der Waals surface area contributed by atoms with Crippen molar-refractivity contribution in [2.75, 3.05) is 0 Å². The minimum absolute atomic E-state index is 0.211. The predicted molar refractivity (Wildman–Crippen MR) is 345 cm³/mol. The summed E-state index contributed by atoms with van der Waals surface area (Å²) in [6, 6.07) is 87.0. The van der Waals surface area contributed by atoms with Crippen molar-refractivity contribution in [3.05, 3.63) is 277 Å². The molecule has 4 aromatic heterocycles. The van der Waals surface area contributed by atoms with E-state index in [0.717, 1.165) is 100 Å². The largest absolute Gasteiger partial charge is 0.456 e. The third kappa shape index (κ3) is 7.83. The molecule has 0 amide bonds. The number of furan rings is 2. The van der Waals surface area contributed by atoms with Gasteiger partial charge in [-0.25, -0.2) is 29.9 Å². The lowest BCUT2D eigenvalue weighted by atomic mass is 9.75. The maximum atomic E-state index is 6.92. The summed E-state index contributed by atoms with van der Waals surface area (Å²) in [5.74, 6) is 3.66. The summed E-state index contributed by atoms with van der Waals surface area (Å²) < 4.78 is 13.8. The lowest BCUT2D eigenvalue weighted by Gasteiger charge is -2.28. The van der Waals surface area contributed by atoms with Crippen molar-refractivity contribution in [3.8, 4) is 102 Å². The first-order chi connectivity index (χ1) is 42.2. The zero-order valence-electron chi connectivity index (χ0n) is 47.4. The molecule has 2 aliphatic rings. The van der Waals surface area contributed by atoms with E-state index in [0.29, 0.717) is 34.9 Å². The first-order valence-electron chi connectivity index (χ1n) is 29.3. The molecule has 86 heavy (non-hydrogen) atoms. The lowest BCUT2D eigenvalue weighted by molar-refractivity contribution is 0.581. The predicted octanol–water partition coefficient (Wildman–Crippen LogP) is 19.4. The van der Waals surface area contributed by atoms with Gasteiger partial charge in [0.1, 0.15) is 22.3 Å². The standard InChI is InChI=1S/C78H52N6O2/c1-77(2)62-30-15-13-27-55(62)58-39-40-59-57-38-37-53(42-66(57)86-70(59)69(58)77)76-83-73(50-24-11-6-12-25-50)82-75(84-76)52-26-17-19-46(41-52)45-78(3)63-31-16-14-28-56(63)60-43-61-67(44-64(60)78)85-65-32-18-29-54(68(61)65)47-33-35-51(36-34-47)74-80-71(48-20-7-4-8-21-48)79-72(81-74)49-22-9-5-10-23-49/h4-44H,45H2,1-3H3. The summed E-state index contributed by atoms with van der Waals surface area (Å²) in [6.07, 6.45) is 0.729. The molecule has 0 N–H and O–H groups in total. The van der Waals surface area contributed by atoms with Crippen LogP contribution in [-0.4, -0.2) is 29.9 Å². The fourth-order valence-electron chi connectivity index (χ4n) is 13.9. The summed E-state index contributed by atoms with van der Waals surface area (Å²) in [5, 5.41) is 4.33. The van der Waals surface area contributed by atoms with Crippen LogP contribution < -0.4 is 0 Å². The number of nitrogens with zero attached hydrogens (tertiary/aromatic N) is 6. The molecular formula is C78H52N6O2. The van der Waals surface area contributed by atoms with E-state index in [1.807, 2.05) is 78.9 Å². The van der Waals surface area contributed by atoms with Crippen LogP contribution in [-0.2, 0) is 17.3 Å². The molecule has 2 aliphatic carbocycles. The highest BCUT2D eigenvalue weighted by molar-refractivity contribution is 6.14. The highest BCUT2D eigenvalue weighted by Gasteiger charge is 2.41. The smallest absolute Gasteiger partial charge is 0.164 e.